The smallest absolute Gasteiger partial charge is 0.191 e. The van der Waals surface area contributed by atoms with Crippen LogP contribution in [-0.4, -0.2) is 32.2 Å². The summed E-state index contributed by atoms with van der Waals surface area (Å²) in [4.78, 5) is 4.66. The highest BCUT2D eigenvalue weighted by molar-refractivity contribution is 14.0. The van der Waals surface area contributed by atoms with Crippen LogP contribution >= 0.6 is 24.0 Å². The zero-order valence-corrected chi connectivity index (χ0v) is 18.4. The molecule has 25 heavy (non-hydrogen) atoms. The third-order valence-corrected chi connectivity index (χ3v) is 4.34. The molecule has 1 fully saturated rings. The second-order valence-corrected chi connectivity index (χ2v) is 7.10. The normalized spacial score (nSPS) is 20.9. The maximum atomic E-state index is 6.11. The van der Waals surface area contributed by atoms with Crippen LogP contribution in [-0.2, 0) is 4.74 Å². The minimum absolute atomic E-state index is 0. The topological polar surface area (TPSA) is 45.7 Å². The number of nitrogens with one attached hydrogen (secondary N) is 2. The molecule has 142 valence electrons. The number of guanidine groups is 1. The number of hydrogen-bond acceptors (Lipinski definition) is 2. The fraction of sp³-hybridized carbons (Fsp3) is 0.650. The van der Waals surface area contributed by atoms with Gasteiger partial charge in [0.15, 0.2) is 5.96 Å². The molecule has 0 spiro atoms. The van der Waals surface area contributed by atoms with Gasteiger partial charge in [-0.2, -0.15) is 0 Å². The van der Waals surface area contributed by atoms with Gasteiger partial charge < -0.3 is 15.4 Å². The summed E-state index contributed by atoms with van der Waals surface area (Å²) in [6.45, 7) is 12.1. The Hall–Kier alpha value is -0.820. The molecule has 2 unspecified atom stereocenters. The fourth-order valence-corrected chi connectivity index (χ4v) is 3.02. The summed E-state index contributed by atoms with van der Waals surface area (Å²) in [5.74, 6) is 1.96. The van der Waals surface area contributed by atoms with E-state index in [2.05, 4.69) is 67.6 Å². The van der Waals surface area contributed by atoms with Gasteiger partial charge in [0.2, 0.25) is 0 Å². The number of aryl methyl sites for hydroxylation is 1. The lowest BCUT2D eigenvalue weighted by molar-refractivity contribution is -0.0265. The van der Waals surface area contributed by atoms with E-state index in [1.807, 2.05) is 0 Å². The summed E-state index contributed by atoms with van der Waals surface area (Å²) in [5.41, 5.74) is 2.58. The Bertz CT molecular complexity index is 516. The summed E-state index contributed by atoms with van der Waals surface area (Å²) in [5, 5.41) is 6.85. The molecule has 1 aromatic carbocycles. The number of halogens is 1. The highest BCUT2D eigenvalue weighted by Crippen LogP contribution is 2.33. The van der Waals surface area contributed by atoms with Gasteiger partial charge in [-0.25, -0.2) is 0 Å². The molecule has 2 N–H and O–H groups in total. The van der Waals surface area contributed by atoms with Gasteiger partial charge in [-0.05, 0) is 38.2 Å². The van der Waals surface area contributed by atoms with Crippen molar-refractivity contribution in [3.63, 3.8) is 0 Å². The summed E-state index contributed by atoms with van der Waals surface area (Å²) in [7, 11) is 0. The number of hydrogen-bond donors (Lipinski definition) is 2. The summed E-state index contributed by atoms with van der Waals surface area (Å²) >= 11 is 0. The molecule has 1 aromatic rings. The van der Waals surface area contributed by atoms with Crippen LogP contribution in [0, 0.1) is 18.8 Å². The van der Waals surface area contributed by atoms with Crippen molar-refractivity contribution in [3.05, 3.63) is 35.4 Å². The molecule has 0 bridgehead atoms. The van der Waals surface area contributed by atoms with E-state index in [-0.39, 0.29) is 30.1 Å². The molecular formula is C20H34IN3O. The zero-order chi connectivity index (χ0) is 17.4. The molecular weight excluding hydrogens is 425 g/mol. The highest BCUT2D eigenvalue weighted by Gasteiger charge is 2.27. The van der Waals surface area contributed by atoms with Crippen molar-refractivity contribution in [1.29, 1.82) is 0 Å². The maximum Gasteiger partial charge on any atom is 0.191 e. The van der Waals surface area contributed by atoms with Gasteiger partial charge in [-0.1, -0.05) is 43.7 Å². The van der Waals surface area contributed by atoms with E-state index < -0.39 is 0 Å². The van der Waals surface area contributed by atoms with Gasteiger partial charge >= 0.3 is 0 Å². The molecule has 0 aliphatic carbocycles. The first kappa shape index (κ1) is 22.2. The van der Waals surface area contributed by atoms with E-state index >= 15 is 0 Å². The second-order valence-electron chi connectivity index (χ2n) is 7.10. The van der Waals surface area contributed by atoms with E-state index in [1.165, 1.54) is 17.5 Å². The quantitative estimate of drug-likeness (QED) is 0.379. The minimum atomic E-state index is 0. The van der Waals surface area contributed by atoms with Crippen molar-refractivity contribution in [2.45, 2.75) is 46.6 Å². The molecule has 0 radical (unpaired) electrons. The molecule has 0 aromatic heterocycles. The summed E-state index contributed by atoms with van der Waals surface area (Å²) in [6, 6.07) is 8.75. The molecule has 2 rings (SSSR count). The number of aliphatic imine (C=N–C) groups is 1. The number of benzene rings is 1. The largest absolute Gasteiger partial charge is 0.373 e. The van der Waals surface area contributed by atoms with E-state index in [0.29, 0.717) is 11.8 Å². The Morgan fingerprint density at radius 3 is 2.60 bits per heavy atom. The van der Waals surface area contributed by atoms with Crippen molar-refractivity contribution in [1.82, 2.24) is 10.6 Å². The molecule has 1 heterocycles. The third kappa shape index (κ3) is 7.52. The third-order valence-electron chi connectivity index (χ3n) is 4.34. The lowest BCUT2D eigenvalue weighted by Gasteiger charge is -2.32. The first-order chi connectivity index (χ1) is 11.6. The Kier molecular flexibility index (Phi) is 10.4. The minimum Gasteiger partial charge on any atom is -0.373 e. The van der Waals surface area contributed by atoms with E-state index in [4.69, 9.17) is 4.74 Å². The fourth-order valence-electron chi connectivity index (χ4n) is 3.02. The molecule has 0 saturated carbocycles. The van der Waals surface area contributed by atoms with Crippen molar-refractivity contribution in [2.75, 3.05) is 26.2 Å². The predicted octanol–water partition coefficient (Wildman–Crippen LogP) is 4.29. The second kappa shape index (κ2) is 11.7. The average molecular weight is 459 g/mol. The molecule has 5 heteroatoms. The van der Waals surface area contributed by atoms with E-state index in [9.17, 15) is 0 Å². The van der Waals surface area contributed by atoms with Gasteiger partial charge in [-0.15, -0.1) is 24.0 Å². The van der Waals surface area contributed by atoms with Crippen LogP contribution in [0.5, 0.6) is 0 Å². The van der Waals surface area contributed by atoms with Gasteiger partial charge in [0.05, 0.1) is 6.10 Å². The maximum absolute atomic E-state index is 6.11. The van der Waals surface area contributed by atoms with Crippen LogP contribution in [0.15, 0.2) is 29.3 Å². The summed E-state index contributed by atoms with van der Waals surface area (Å²) < 4.78 is 6.11. The zero-order valence-electron chi connectivity index (χ0n) is 16.0. The van der Waals surface area contributed by atoms with Crippen LogP contribution < -0.4 is 10.6 Å². The molecule has 1 saturated heterocycles. The van der Waals surface area contributed by atoms with Crippen molar-refractivity contribution in [2.24, 2.45) is 16.8 Å². The van der Waals surface area contributed by atoms with Crippen LogP contribution in [0.2, 0.25) is 0 Å². The monoisotopic (exact) mass is 459 g/mol. The SMILES string of the molecule is CCNC(=NCC(C)C)NCC1CCCOC1c1ccc(C)cc1.I. The van der Waals surface area contributed by atoms with Crippen LogP contribution in [0.3, 0.4) is 0 Å². The predicted molar refractivity (Wildman–Crippen MR) is 117 cm³/mol. The van der Waals surface area contributed by atoms with Gasteiger partial charge in [0, 0.05) is 32.2 Å². The number of rotatable bonds is 6. The van der Waals surface area contributed by atoms with Gasteiger partial charge in [0.1, 0.15) is 0 Å². The Labute approximate surface area is 170 Å². The first-order valence-corrected chi connectivity index (χ1v) is 9.30. The first-order valence-electron chi connectivity index (χ1n) is 9.30. The van der Waals surface area contributed by atoms with Gasteiger partial charge in [0.25, 0.3) is 0 Å². The standard InChI is InChI=1S/C20H33N3O.HI/c1-5-21-20(22-13-15(2)3)23-14-18-7-6-12-24-19(18)17-10-8-16(4)9-11-17;/h8-11,15,18-19H,5-7,12-14H2,1-4H3,(H2,21,22,23);1H. The Balaban J connectivity index is 0.00000312. The summed E-state index contributed by atoms with van der Waals surface area (Å²) in [6.07, 6.45) is 2.50. The Morgan fingerprint density at radius 1 is 1.24 bits per heavy atom. The van der Waals surface area contributed by atoms with Crippen molar-refractivity contribution in [3.8, 4) is 0 Å². The molecule has 1 aliphatic rings. The highest BCUT2D eigenvalue weighted by atomic mass is 127. The molecule has 4 nitrogen and oxygen atoms in total. The average Bonchev–Trinajstić information content (AvgIpc) is 2.58. The number of nitrogens with zero attached hydrogens (tertiary/aromatic N) is 1. The van der Waals surface area contributed by atoms with Crippen LogP contribution in [0.1, 0.15) is 50.8 Å². The lowest BCUT2D eigenvalue weighted by atomic mass is 9.89. The van der Waals surface area contributed by atoms with Crippen LogP contribution in [0.25, 0.3) is 0 Å². The molecule has 2 atom stereocenters. The Morgan fingerprint density at radius 2 is 1.96 bits per heavy atom. The molecule has 1 aliphatic heterocycles. The van der Waals surface area contributed by atoms with E-state index in [1.54, 1.807) is 0 Å². The molecule has 0 amide bonds. The van der Waals surface area contributed by atoms with Crippen LogP contribution in [0.4, 0.5) is 0 Å². The van der Waals surface area contributed by atoms with E-state index in [0.717, 1.165) is 38.6 Å². The van der Waals surface area contributed by atoms with Crippen molar-refractivity contribution < 1.29 is 4.74 Å². The number of ether oxygens (including phenoxy) is 1. The van der Waals surface area contributed by atoms with Crippen molar-refractivity contribution >= 4 is 29.9 Å². The lowest BCUT2D eigenvalue weighted by Crippen LogP contribution is -2.42. The van der Waals surface area contributed by atoms with Gasteiger partial charge in [-0.3, -0.25) is 4.99 Å².